The van der Waals surface area contributed by atoms with Crippen LogP contribution in [-0.4, -0.2) is 5.11 Å². The van der Waals surface area contributed by atoms with Gasteiger partial charge in [-0.25, -0.2) is 0 Å². The fourth-order valence-electron chi connectivity index (χ4n) is 1.63. The van der Waals surface area contributed by atoms with Crippen LogP contribution in [0.15, 0.2) is 42.5 Å². The molecule has 0 aromatic heterocycles. The molecule has 0 aliphatic heterocycles. The monoisotopic (exact) mass is 229 g/mol. The average Bonchev–Trinajstić information content (AvgIpc) is 2.28. The van der Waals surface area contributed by atoms with Crippen LogP contribution in [0.1, 0.15) is 11.1 Å². The lowest BCUT2D eigenvalue weighted by atomic mass is 10.2. The number of benzene rings is 2. The summed E-state index contributed by atoms with van der Waals surface area (Å²) in [6.45, 7) is 2.01. The van der Waals surface area contributed by atoms with Gasteiger partial charge in [-0.2, -0.15) is 0 Å². The molecular weight excluding hydrogens is 214 g/mol. The predicted octanol–water partition coefficient (Wildman–Crippen LogP) is 2.86. The topological polar surface area (TPSA) is 55.5 Å². The zero-order chi connectivity index (χ0) is 12.3. The minimum Gasteiger partial charge on any atom is -0.457 e. The molecule has 0 bridgehead atoms. The van der Waals surface area contributed by atoms with Gasteiger partial charge in [0.05, 0.1) is 6.61 Å². The van der Waals surface area contributed by atoms with Gasteiger partial charge in [-0.1, -0.05) is 12.1 Å². The Hall–Kier alpha value is -2.00. The standard InChI is InChI=1S/C14H15NO2/c1-10-6-12(15)8-14(7-10)17-13-4-2-11(9-16)3-5-13/h2-8,16H,9,15H2,1H3. The first-order valence-corrected chi connectivity index (χ1v) is 5.42. The van der Waals surface area contributed by atoms with Gasteiger partial charge in [-0.05, 0) is 42.3 Å². The number of rotatable bonds is 3. The van der Waals surface area contributed by atoms with Gasteiger partial charge in [0.15, 0.2) is 0 Å². The van der Waals surface area contributed by atoms with Gasteiger partial charge in [0.2, 0.25) is 0 Å². The van der Waals surface area contributed by atoms with Crippen LogP contribution in [0.5, 0.6) is 11.5 Å². The van der Waals surface area contributed by atoms with Crippen LogP contribution in [0.2, 0.25) is 0 Å². The molecule has 0 heterocycles. The smallest absolute Gasteiger partial charge is 0.129 e. The van der Waals surface area contributed by atoms with E-state index in [4.69, 9.17) is 15.6 Å². The number of hydrogen-bond acceptors (Lipinski definition) is 3. The number of nitrogens with two attached hydrogens (primary N) is 1. The molecule has 2 aromatic carbocycles. The number of aliphatic hydroxyl groups excluding tert-OH is 1. The Balaban J connectivity index is 2.19. The third kappa shape index (κ3) is 2.98. The third-order valence-electron chi connectivity index (χ3n) is 2.41. The predicted molar refractivity (Wildman–Crippen MR) is 68.0 cm³/mol. The van der Waals surface area contributed by atoms with E-state index in [1.165, 1.54) is 0 Å². The number of nitrogen functional groups attached to an aromatic ring is 1. The van der Waals surface area contributed by atoms with Gasteiger partial charge in [0.1, 0.15) is 11.5 Å². The van der Waals surface area contributed by atoms with Crippen LogP contribution in [0.3, 0.4) is 0 Å². The van der Waals surface area contributed by atoms with Crippen molar-refractivity contribution >= 4 is 5.69 Å². The molecular formula is C14H15NO2. The SMILES string of the molecule is Cc1cc(N)cc(Oc2ccc(CO)cc2)c1. The Bertz CT molecular complexity index is 486. The van der Waals surface area contributed by atoms with Crippen LogP contribution < -0.4 is 10.5 Å². The molecule has 0 fully saturated rings. The summed E-state index contributed by atoms with van der Waals surface area (Å²) in [5.74, 6) is 1.45. The van der Waals surface area contributed by atoms with Gasteiger partial charge in [-0.3, -0.25) is 0 Å². The summed E-state index contributed by atoms with van der Waals surface area (Å²) in [5.41, 5.74) is 8.36. The van der Waals surface area contributed by atoms with Crippen molar-refractivity contribution in [2.75, 3.05) is 5.73 Å². The average molecular weight is 229 g/mol. The maximum Gasteiger partial charge on any atom is 0.129 e. The van der Waals surface area contributed by atoms with Gasteiger partial charge >= 0.3 is 0 Å². The zero-order valence-electron chi connectivity index (χ0n) is 9.68. The molecule has 3 N–H and O–H groups in total. The Labute approximate surface area is 100 Å². The first kappa shape index (κ1) is 11.5. The van der Waals surface area contributed by atoms with E-state index in [1.54, 1.807) is 6.07 Å². The molecule has 0 aliphatic carbocycles. The van der Waals surface area contributed by atoms with Crippen LogP contribution in [-0.2, 0) is 6.61 Å². The lowest BCUT2D eigenvalue weighted by Gasteiger charge is -2.08. The molecule has 2 aromatic rings. The van der Waals surface area contributed by atoms with Crippen LogP contribution >= 0.6 is 0 Å². The number of aliphatic hydroxyl groups is 1. The van der Waals surface area contributed by atoms with Crippen LogP contribution in [0.4, 0.5) is 5.69 Å². The van der Waals surface area contributed by atoms with Crippen molar-refractivity contribution in [3.63, 3.8) is 0 Å². The highest BCUT2D eigenvalue weighted by Gasteiger charge is 2.00. The van der Waals surface area contributed by atoms with Gasteiger partial charge < -0.3 is 15.6 Å². The van der Waals surface area contributed by atoms with Crippen LogP contribution in [0.25, 0.3) is 0 Å². The molecule has 17 heavy (non-hydrogen) atoms. The minimum atomic E-state index is 0.0394. The van der Waals surface area contributed by atoms with Crippen LogP contribution in [0, 0.1) is 6.92 Å². The molecule has 0 saturated heterocycles. The van der Waals surface area contributed by atoms with Crippen molar-refractivity contribution < 1.29 is 9.84 Å². The third-order valence-corrected chi connectivity index (χ3v) is 2.41. The van der Waals surface area contributed by atoms with Crippen molar-refractivity contribution in [1.29, 1.82) is 0 Å². The van der Waals surface area contributed by atoms with Crippen molar-refractivity contribution in [3.05, 3.63) is 53.6 Å². The summed E-state index contributed by atoms with van der Waals surface area (Å²) in [6.07, 6.45) is 0. The number of anilines is 1. The normalized spacial score (nSPS) is 10.2. The second kappa shape index (κ2) is 4.89. The summed E-state index contributed by atoms with van der Waals surface area (Å²) in [7, 11) is 0. The second-order valence-corrected chi connectivity index (χ2v) is 3.98. The lowest BCUT2D eigenvalue weighted by Crippen LogP contribution is -1.90. The van der Waals surface area contributed by atoms with E-state index >= 15 is 0 Å². The first-order valence-electron chi connectivity index (χ1n) is 5.42. The van der Waals surface area contributed by atoms with E-state index in [-0.39, 0.29) is 6.61 Å². The summed E-state index contributed by atoms with van der Waals surface area (Å²) in [4.78, 5) is 0. The Kier molecular flexibility index (Phi) is 3.30. The highest BCUT2D eigenvalue weighted by Crippen LogP contribution is 2.25. The summed E-state index contributed by atoms with van der Waals surface area (Å²) in [5, 5.41) is 8.93. The molecule has 0 amide bonds. The highest BCUT2D eigenvalue weighted by atomic mass is 16.5. The minimum absolute atomic E-state index is 0.0394. The van der Waals surface area contributed by atoms with Crippen molar-refractivity contribution in [1.82, 2.24) is 0 Å². The Morgan fingerprint density at radius 2 is 1.76 bits per heavy atom. The molecule has 88 valence electrons. The van der Waals surface area contributed by atoms with Gasteiger partial charge in [0.25, 0.3) is 0 Å². The molecule has 0 aliphatic rings. The first-order chi connectivity index (χ1) is 8.17. The zero-order valence-corrected chi connectivity index (χ0v) is 9.68. The summed E-state index contributed by atoms with van der Waals surface area (Å²) < 4.78 is 5.68. The van der Waals surface area contributed by atoms with E-state index in [0.29, 0.717) is 5.69 Å². The van der Waals surface area contributed by atoms with E-state index in [1.807, 2.05) is 43.3 Å². The highest BCUT2D eigenvalue weighted by molar-refractivity contribution is 5.48. The van der Waals surface area contributed by atoms with Crippen molar-refractivity contribution in [3.8, 4) is 11.5 Å². The summed E-state index contributed by atoms with van der Waals surface area (Å²) >= 11 is 0. The van der Waals surface area contributed by atoms with Gasteiger partial charge in [0, 0.05) is 11.8 Å². The Morgan fingerprint density at radius 3 is 2.35 bits per heavy atom. The number of aryl methyl sites for hydroxylation is 1. The Morgan fingerprint density at radius 1 is 1.06 bits per heavy atom. The number of ether oxygens (including phenoxy) is 1. The molecule has 0 atom stereocenters. The van der Waals surface area contributed by atoms with Gasteiger partial charge in [-0.15, -0.1) is 0 Å². The van der Waals surface area contributed by atoms with Crippen molar-refractivity contribution in [2.24, 2.45) is 0 Å². The number of hydrogen-bond donors (Lipinski definition) is 2. The van der Waals surface area contributed by atoms with E-state index in [0.717, 1.165) is 22.6 Å². The molecule has 0 radical (unpaired) electrons. The molecule has 0 spiro atoms. The van der Waals surface area contributed by atoms with Crippen molar-refractivity contribution in [2.45, 2.75) is 13.5 Å². The summed E-state index contributed by atoms with van der Waals surface area (Å²) in [6, 6.07) is 12.9. The molecule has 2 rings (SSSR count). The van der Waals surface area contributed by atoms with E-state index in [9.17, 15) is 0 Å². The molecule has 0 saturated carbocycles. The largest absolute Gasteiger partial charge is 0.457 e. The maximum atomic E-state index is 8.93. The van der Waals surface area contributed by atoms with E-state index in [2.05, 4.69) is 0 Å². The molecule has 3 heteroatoms. The molecule has 0 unspecified atom stereocenters. The van der Waals surface area contributed by atoms with E-state index < -0.39 is 0 Å². The fraction of sp³-hybridized carbons (Fsp3) is 0.143. The lowest BCUT2D eigenvalue weighted by molar-refractivity contribution is 0.281. The maximum absolute atomic E-state index is 8.93. The fourth-order valence-corrected chi connectivity index (χ4v) is 1.63. The molecule has 3 nitrogen and oxygen atoms in total. The quantitative estimate of drug-likeness (QED) is 0.796. The second-order valence-electron chi connectivity index (χ2n) is 3.98.